The highest BCUT2D eigenvalue weighted by Crippen LogP contribution is 2.20. The van der Waals surface area contributed by atoms with Crippen molar-refractivity contribution in [3.8, 4) is 5.75 Å². The lowest BCUT2D eigenvalue weighted by Crippen LogP contribution is -2.18. The average molecular weight is 445 g/mol. The van der Waals surface area contributed by atoms with Crippen molar-refractivity contribution in [2.24, 2.45) is 0 Å². The lowest BCUT2D eigenvalue weighted by atomic mass is 10.3. The van der Waals surface area contributed by atoms with Crippen molar-refractivity contribution in [1.29, 1.82) is 0 Å². The van der Waals surface area contributed by atoms with Gasteiger partial charge in [-0.25, -0.2) is 4.98 Å². The molecular formula is C19H20N6O3S2. The number of thiazole rings is 1. The van der Waals surface area contributed by atoms with Gasteiger partial charge in [0.15, 0.2) is 10.3 Å². The van der Waals surface area contributed by atoms with Crippen LogP contribution in [0.4, 0.5) is 10.8 Å². The molecule has 1 aromatic carbocycles. The minimum atomic E-state index is -0.237. The Balaban J connectivity index is 1.62. The minimum absolute atomic E-state index is 0.0317. The number of allylic oxidation sites excluding steroid dienone is 1. The zero-order valence-corrected chi connectivity index (χ0v) is 17.8. The number of methoxy groups -OCH3 is 1. The predicted octanol–water partition coefficient (Wildman–Crippen LogP) is 2.84. The maximum atomic E-state index is 12.5. The number of hydrogen-bond donors (Lipinski definition) is 2. The van der Waals surface area contributed by atoms with Gasteiger partial charge in [-0.05, 0) is 12.1 Å². The third-order valence-corrected chi connectivity index (χ3v) is 5.44. The number of nitrogens with zero attached hydrogens (tertiary/aromatic N) is 4. The molecule has 0 unspecified atom stereocenters. The van der Waals surface area contributed by atoms with Crippen molar-refractivity contribution in [2.75, 3.05) is 23.5 Å². The van der Waals surface area contributed by atoms with E-state index in [0.717, 1.165) is 0 Å². The number of amides is 2. The first-order chi connectivity index (χ1) is 14.6. The summed E-state index contributed by atoms with van der Waals surface area (Å²) in [5, 5.41) is 16.6. The van der Waals surface area contributed by atoms with Gasteiger partial charge < -0.3 is 19.9 Å². The molecule has 0 aliphatic heterocycles. The van der Waals surface area contributed by atoms with E-state index in [4.69, 9.17) is 4.74 Å². The molecule has 30 heavy (non-hydrogen) atoms. The van der Waals surface area contributed by atoms with Gasteiger partial charge in [-0.2, -0.15) is 0 Å². The maximum Gasteiger partial charge on any atom is 0.236 e. The second kappa shape index (κ2) is 10.6. The van der Waals surface area contributed by atoms with Crippen molar-refractivity contribution in [3.63, 3.8) is 0 Å². The van der Waals surface area contributed by atoms with Gasteiger partial charge in [0.05, 0.1) is 19.3 Å². The van der Waals surface area contributed by atoms with Crippen molar-refractivity contribution in [3.05, 3.63) is 54.3 Å². The van der Waals surface area contributed by atoms with Crippen LogP contribution in [0.3, 0.4) is 0 Å². The summed E-state index contributed by atoms with van der Waals surface area (Å²) >= 11 is 2.58. The topological polar surface area (TPSA) is 111 Å². The van der Waals surface area contributed by atoms with Crippen LogP contribution in [0.25, 0.3) is 0 Å². The summed E-state index contributed by atoms with van der Waals surface area (Å²) in [4.78, 5) is 28.5. The van der Waals surface area contributed by atoms with Gasteiger partial charge in [0, 0.05) is 29.9 Å². The van der Waals surface area contributed by atoms with E-state index in [1.807, 2.05) is 0 Å². The number of hydrogen-bond acceptors (Lipinski definition) is 8. The zero-order valence-electron chi connectivity index (χ0n) is 16.2. The van der Waals surface area contributed by atoms with Gasteiger partial charge in [-0.3, -0.25) is 9.59 Å². The van der Waals surface area contributed by atoms with Crippen molar-refractivity contribution >= 4 is 45.7 Å². The SMILES string of the molecule is C=CCn1c(CC(=O)Nc2cccc(OC)c2)nnc1SCC(=O)Nc1nccs1. The van der Waals surface area contributed by atoms with Crippen LogP contribution in [0.1, 0.15) is 5.82 Å². The highest BCUT2D eigenvalue weighted by Gasteiger charge is 2.17. The van der Waals surface area contributed by atoms with Gasteiger partial charge >= 0.3 is 0 Å². The second-order valence-electron chi connectivity index (χ2n) is 5.93. The molecule has 0 saturated carbocycles. The summed E-state index contributed by atoms with van der Waals surface area (Å²) in [6.45, 7) is 4.16. The molecule has 0 fully saturated rings. The van der Waals surface area contributed by atoms with Crippen molar-refractivity contribution in [1.82, 2.24) is 19.7 Å². The third-order valence-electron chi connectivity index (χ3n) is 3.79. The largest absolute Gasteiger partial charge is 0.497 e. The van der Waals surface area contributed by atoms with Crippen LogP contribution >= 0.6 is 23.1 Å². The summed E-state index contributed by atoms with van der Waals surface area (Å²) in [5.74, 6) is 0.847. The Kier molecular flexibility index (Phi) is 7.57. The number of carbonyl (C=O) groups excluding carboxylic acids is 2. The van der Waals surface area contributed by atoms with E-state index >= 15 is 0 Å². The third kappa shape index (κ3) is 5.91. The number of benzene rings is 1. The first kappa shape index (κ1) is 21.5. The number of rotatable bonds is 10. The van der Waals surface area contributed by atoms with E-state index in [0.29, 0.717) is 34.1 Å². The molecule has 2 heterocycles. The van der Waals surface area contributed by atoms with Crippen LogP contribution in [-0.2, 0) is 22.6 Å². The average Bonchev–Trinajstić information content (AvgIpc) is 3.37. The molecule has 156 valence electrons. The molecular weight excluding hydrogens is 424 g/mol. The Labute approximate surface area is 181 Å². The minimum Gasteiger partial charge on any atom is -0.497 e. The molecule has 0 saturated heterocycles. The molecule has 9 nitrogen and oxygen atoms in total. The van der Waals surface area contributed by atoms with E-state index < -0.39 is 0 Å². The molecule has 2 amide bonds. The smallest absolute Gasteiger partial charge is 0.236 e. The normalized spacial score (nSPS) is 10.4. The fraction of sp³-hybridized carbons (Fsp3) is 0.211. The first-order valence-electron chi connectivity index (χ1n) is 8.88. The molecule has 2 aromatic heterocycles. The van der Waals surface area contributed by atoms with Crippen LogP contribution < -0.4 is 15.4 Å². The molecule has 0 aliphatic rings. The molecule has 0 radical (unpaired) electrons. The predicted molar refractivity (Wildman–Crippen MR) is 117 cm³/mol. The van der Waals surface area contributed by atoms with Crippen LogP contribution in [0, 0.1) is 0 Å². The number of carbonyl (C=O) groups is 2. The Morgan fingerprint density at radius 1 is 1.30 bits per heavy atom. The molecule has 3 aromatic rings. The van der Waals surface area contributed by atoms with Crippen LogP contribution in [0.15, 0.2) is 53.7 Å². The first-order valence-corrected chi connectivity index (χ1v) is 10.7. The summed E-state index contributed by atoms with van der Waals surface area (Å²) in [6, 6.07) is 7.09. The molecule has 3 rings (SSSR count). The highest BCUT2D eigenvalue weighted by molar-refractivity contribution is 7.99. The Morgan fingerprint density at radius 3 is 2.90 bits per heavy atom. The lowest BCUT2D eigenvalue weighted by Gasteiger charge is -2.09. The summed E-state index contributed by atoms with van der Waals surface area (Å²) < 4.78 is 6.92. The van der Waals surface area contributed by atoms with Crippen LogP contribution in [-0.4, -0.2) is 44.4 Å². The maximum absolute atomic E-state index is 12.5. The summed E-state index contributed by atoms with van der Waals surface area (Å²) in [5.41, 5.74) is 0.627. The summed E-state index contributed by atoms with van der Waals surface area (Å²) in [6.07, 6.45) is 3.34. The van der Waals surface area contributed by atoms with Gasteiger partial charge in [0.25, 0.3) is 0 Å². The number of thioether (sulfide) groups is 1. The van der Waals surface area contributed by atoms with E-state index in [-0.39, 0.29) is 24.0 Å². The van der Waals surface area contributed by atoms with E-state index in [1.165, 1.54) is 23.1 Å². The number of aromatic nitrogens is 4. The fourth-order valence-electron chi connectivity index (χ4n) is 2.49. The van der Waals surface area contributed by atoms with E-state index in [1.54, 1.807) is 53.6 Å². The second-order valence-corrected chi connectivity index (χ2v) is 7.77. The fourth-order valence-corrected chi connectivity index (χ4v) is 3.80. The van der Waals surface area contributed by atoms with Gasteiger partial charge in [0.2, 0.25) is 11.8 Å². The number of nitrogens with one attached hydrogen (secondary N) is 2. The van der Waals surface area contributed by atoms with Crippen LogP contribution in [0.2, 0.25) is 0 Å². The monoisotopic (exact) mass is 444 g/mol. The van der Waals surface area contributed by atoms with E-state index in [2.05, 4.69) is 32.4 Å². The van der Waals surface area contributed by atoms with Crippen molar-refractivity contribution < 1.29 is 14.3 Å². The molecule has 0 atom stereocenters. The molecule has 11 heteroatoms. The zero-order chi connectivity index (χ0) is 21.3. The number of anilines is 2. The standard InChI is InChI=1S/C19H20N6O3S2/c1-3-8-25-15(11-16(26)21-13-5-4-6-14(10-13)28-2)23-24-19(25)30-12-17(27)22-18-20-7-9-29-18/h3-7,9-10H,1,8,11-12H2,2H3,(H,21,26)(H,20,22,27). The van der Waals surface area contributed by atoms with Gasteiger partial charge in [-0.1, -0.05) is 23.9 Å². The lowest BCUT2D eigenvalue weighted by molar-refractivity contribution is -0.116. The molecule has 0 spiro atoms. The Morgan fingerprint density at radius 2 is 2.17 bits per heavy atom. The Hall–Kier alpha value is -3.18. The Bertz CT molecular complexity index is 1020. The quantitative estimate of drug-likeness (QED) is 0.365. The van der Waals surface area contributed by atoms with Crippen molar-refractivity contribution in [2.45, 2.75) is 18.1 Å². The molecule has 0 bridgehead atoms. The summed E-state index contributed by atoms with van der Waals surface area (Å²) in [7, 11) is 1.56. The molecule has 0 aliphatic carbocycles. The highest BCUT2D eigenvalue weighted by atomic mass is 32.2. The van der Waals surface area contributed by atoms with Gasteiger partial charge in [0.1, 0.15) is 11.6 Å². The van der Waals surface area contributed by atoms with Gasteiger partial charge in [-0.15, -0.1) is 28.1 Å². The van der Waals surface area contributed by atoms with E-state index in [9.17, 15) is 9.59 Å². The number of ether oxygens (including phenoxy) is 1. The van der Waals surface area contributed by atoms with Crippen LogP contribution in [0.5, 0.6) is 5.75 Å². The molecule has 2 N–H and O–H groups in total.